The molecule has 0 aromatic heterocycles. The molecule has 6 nitrogen and oxygen atoms in total. The SMILES string of the molecule is CCOc1cc(/C=C2\SC(=S)N(NC(=O)c3ccc(Br)cc3)C2=O)cc(Br)c1O. The molecule has 1 aliphatic heterocycles. The molecule has 1 saturated heterocycles. The number of carbonyl (C=O) groups is 2. The highest BCUT2D eigenvalue weighted by molar-refractivity contribution is 9.10. The fraction of sp³-hybridized carbons (Fsp3) is 0.105. The van der Waals surface area contributed by atoms with Crippen LogP contribution in [0.5, 0.6) is 11.5 Å². The quantitative estimate of drug-likeness (QED) is 0.404. The first-order valence-corrected chi connectivity index (χ1v) is 11.1. The summed E-state index contributed by atoms with van der Waals surface area (Å²) in [4.78, 5) is 25.5. The number of nitrogens with zero attached hydrogens (tertiary/aromatic N) is 1. The number of hydrazine groups is 1. The maximum absolute atomic E-state index is 12.7. The number of ether oxygens (including phenoxy) is 1. The van der Waals surface area contributed by atoms with Gasteiger partial charge in [0.15, 0.2) is 15.8 Å². The van der Waals surface area contributed by atoms with E-state index in [1.165, 1.54) is 0 Å². The summed E-state index contributed by atoms with van der Waals surface area (Å²) in [6.45, 7) is 2.19. The molecule has 0 unspecified atom stereocenters. The molecule has 2 amide bonds. The van der Waals surface area contributed by atoms with E-state index in [4.69, 9.17) is 17.0 Å². The molecule has 0 spiro atoms. The predicted molar refractivity (Wildman–Crippen MR) is 124 cm³/mol. The highest BCUT2D eigenvalue weighted by Crippen LogP contribution is 2.38. The van der Waals surface area contributed by atoms with Crippen molar-refractivity contribution in [3.05, 3.63) is 61.4 Å². The minimum absolute atomic E-state index is 0.0155. The van der Waals surface area contributed by atoms with Crippen molar-refractivity contribution in [1.29, 1.82) is 0 Å². The Kier molecular flexibility index (Phi) is 6.99. The van der Waals surface area contributed by atoms with Crippen molar-refractivity contribution in [2.75, 3.05) is 6.61 Å². The Morgan fingerprint density at radius 1 is 1.31 bits per heavy atom. The topological polar surface area (TPSA) is 78.9 Å². The van der Waals surface area contributed by atoms with E-state index in [1.807, 2.05) is 0 Å². The van der Waals surface area contributed by atoms with Gasteiger partial charge in [0, 0.05) is 10.0 Å². The second kappa shape index (κ2) is 9.29. The van der Waals surface area contributed by atoms with Crippen molar-refractivity contribution >= 4 is 78.1 Å². The van der Waals surface area contributed by atoms with Crippen LogP contribution in [0.4, 0.5) is 0 Å². The number of aromatic hydroxyl groups is 1. The van der Waals surface area contributed by atoms with Crippen LogP contribution < -0.4 is 10.2 Å². The highest BCUT2D eigenvalue weighted by Gasteiger charge is 2.33. The summed E-state index contributed by atoms with van der Waals surface area (Å²) in [7, 11) is 0. The van der Waals surface area contributed by atoms with Gasteiger partial charge in [0.05, 0.1) is 16.0 Å². The molecule has 2 aromatic carbocycles. The van der Waals surface area contributed by atoms with Crippen LogP contribution in [0, 0.1) is 0 Å². The Hall–Kier alpha value is -1.88. The van der Waals surface area contributed by atoms with Crippen LogP contribution in [0.25, 0.3) is 6.08 Å². The van der Waals surface area contributed by atoms with E-state index in [9.17, 15) is 14.7 Å². The van der Waals surface area contributed by atoms with Crippen molar-refractivity contribution in [3.63, 3.8) is 0 Å². The van der Waals surface area contributed by atoms with E-state index in [0.29, 0.717) is 32.9 Å². The number of hydrogen-bond donors (Lipinski definition) is 2. The van der Waals surface area contributed by atoms with E-state index in [1.54, 1.807) is 49.4 Å². The van der Waals surface area contributed by atoms with E-state index in [2.05, 4.69) is 37.3 Å². The van der Waals surface area contributed by atoms with Gasteiger partial charge in [0.1, 0.15) is 0 Å². The second-order valence-electron chi connectivity index (χ2n) is 5.75. The van der Waals surface area contributed by atoms with Gasteiger partial charge >= 0.3 is 0 Å². The molecule has 0 bridgehead atoms. The molecule has 1 fully saturated rings. The number of benzene rings is 2. The lowest BCUT2D eigenvalue weighted by molar-refractivity contribution is -0.123. The summed E-state index contributed by atoms with van der Waals surface area (Å²) in [5.74, 6) is -0.598. The van der Waals surface area contributed by atoms with Gasteiger partial charge in [-0.15, -0.1) is 0 Å². The van der Waals surface area contributed by atoms with Gasteiger partial charge in [-0.1, -0.05) is 27.7 Å². The van der Waals surface area contributed by atoms with Crippen LogP contribution in [0.15, 0.2) is 50.2 Å². The van der Waals surface area contributed by atoms with Crippen molar-refractivity contribution < 1.29 is 19.4 Å². The van der Waals surface area contributed by atoms with Gasteiger partial charge in [-0.25, -0.2) is 0 Å². The van der Waals surface area contributed by atoms with E-state index in [-0.39, 0.29) is 10.1 Å². The number of halogens is 2. The van der Waals surface area contributed by atoms with Crippen molar-refractivity contribution in [2.45, 2.75) is 6.92 Å². The van der Waals surface area contributed by atoms with E-state index >= 15 is 0 Å². The minimum Gasteiger partial charge on any atom is -0.503 e. The van der Waals surface area contributed by atoms with Crippen molar-refractivity contribution in [1.82, 2.24) is 10.4 Å². The van der Waals surface area contributed by atoms with Gasteiger partial charge in [-0.05, 0) is 83.1 Å². The lowest BCUT2D eigenvalue weighted by Crippen LogP contribution is -2.44. The molecule has 0 radical (unpaired) electrons. The molecule has 3 rings (SSSR count). The van der Waals surface area contributed by atoms with Gasteiger partial charge in [0.25, 0.3) is 11.8 Å². The number of rotatable bonds is 5. The highest BCUT2D eigenvalue weighted by atomic mass is 79.9. The summed E-state index contributed by atoms with van der Waals surface area (Å²) < 4.78 is 6.90. The molecular weight excluding hydrogens is 544 g/mol. The third-order valence-electron chi connectivity index (χ3n) is 3.76. The molecule has 10 heteroatoms. The number of thiocarbonyl (C=S) groups is 1. The maximum Gasteiger partial charge on any atom is 0.285 e. The van der Waals surface area contributed by atoms with Crippen molar-refractivity contribution in [2.24, 2.45) is 0 Å². The standard InChI is InChI=1S/C19H14Br2N2O4S2/c1-2-27-14-8-10(7-13(21)16(14)24)9-15-18(26)23(19(28)29-15)22-17(25)11-3-5-12(20)6-4-11/h3-9,24H,2H2,1H3,(H,22,25)/b15-9-. The average Bonchev–Trinajstić information content (AvgIpc) is 2.93. The summed E-state index contributed by atoms with van der Waals surface area (Å²) in [6, 6.07) is 10.0. The molecule has 1 aliphatic rings. The minimum atomic E-state index is -0.443. The molecule has 29 heavy (non-hydrogen) atoms. The molecule has 0 aliphatic carbocycles. The van der Waals surface area contributed by atoms with E-state index < -0.39 is 11.8 Å². The zero-order chi connectivity index (χ0) is 21.1. The third-order valence-corrected chi connectivity index (χ3v) is 6.20. The smallest absolute Gasteiger partial charge is 0.285 e. The summed E-state index contributed by atoms with van der Waals surface area (Å²) >= 11 is 12.9. The summed E-state index contributed by atoms with van der Waals surface area (Å²) in [5, 5.41) is 11.1. The summed E-state index contributed by atoms with van der Waals surface area (Å²) in [5.41, 5.74) is 3.57. The number of carbonyl (C=O) groups excluding carboxylic acids is 2. The van der Waals surface area contributed by atoms with Crippen LogP contribution >= 0.6 is 55.8 Å². The fourth-order valence-corrected chi connectivity index (χ4v) is 4.33. The first-order chi connectivity index (χ1) is 13.8. The van der Waals surface area contributed by atoms with Crippen LogP contribution in [0.2, 0.25) is 0 Å². The van der Waals surface area contributed by atoms with Gasteiger partial charge in [-0.2, -0.15) is 5.01 Å². The number of hydrogen-bond acceptors (Lipinski definition) is 6. The molecule has 1 heterocycles. The Bertz CT molecular complexity index is 1030. The Morgan fingerprint density at radius 2 is 2.00 bits per heavy atom. The zero-order valence-electron chi connectivity index (χ0n) is 14.9. The van der Waals surface area contributed by atoms with Crippen LogP contribution in [-0.2, 0) is 4.79 Å². The first-order valence-electron chi connectivity index (χ1n) is 8.30. The molecule has 0 saturated carbocycles. The Morgan fingerprint density at radius 3 is 2.66 bits per heavy atom. The molecule has 150 valence electrons. The van der Waals surface area contributed by atoms with Crippen LogP contribution in [0.1, 0.15) is 22.8 Å². The van der Waals surface area contributed by atoms with Crippen LogP contribution in [-0.4, -0.2) is 32.9 Å². The molecule has 2 N–H and O–H groups in total. The second-order valence-corrected chi connectivity index (χ2v) is 9.19. The Labute approximate surface area is 193 Å². The fourth-order valence-electron chi connectivity index (χ4n) is 2.43. The van der Waals surface area contributed by atoms with Gasteiger partial charge in [0.2, 0.25) is 0 Å². The number of thioether (sulfide) groups is 1. The van der Waals surface area contributed by atoms with Crippen LogP contribution in [0.3, 0.4) is 0 Å². The Balaban J connectivity index is 1.81. The van der Waals surface area contributed by atoms with Gasteiger partial charge < -0.3 is 9.84 Å². The van der Waals surface area contributed by atoms with Crippen molar-refractivity contribution in [3.8, 4) is 11.5 Å². The van der Waals surface area contributed by atoms with E-state index in [0.717, 1.165) is 21.2 Å². The monoisotopic (exact) mass is 556 g/mol. The first kappa shape index (κ1) is 21.8. The number of phenols is 1. The zero-order valence-corrected chi connectivity index (χ0v) is 19.7. The lowest BCUT2D eigenvalue weighted by atomic mass is 10.2. The predicted octanol–water partition coefficient (Wildman–Crippen LogP) is 4.86. The normalized spacial score (nSPS) is 15.1. The number of amides is 2. The average molecular weight is 558 g/mol. The molecule has 2 aromatic rings. The maximum atomic E-state index is 12.7. The third kappa shape index (κ3) is 5.00. The molecule has 0 atom stereocenters. The largest absolute Gasteiger partial charge is 0.503 e. The van der Waals surface area contributed by atoms with Gasteiger partial charge in [-0.3, -0.25) is 15.0 Å². The number of phenolic OH excluding ortho intramolecular Hbond substituents is 1. The molecular formula is C19H14Br2N2O4S2. The summed E-state index contributed by atoms with van der Waals surface area (Å²) in [6.07, 6.45) is 1.62. The number of nitrogens with one attached hydrogen (secondary N) is 1. The lowest BCUT2D eigenvalue weighted by Gasteiger charge is -2.15.